The van der Waals surface area contributed by atoms with E-state index < -0.39 is 8.32 Å². The van der Waals surface area contributed by atoms with E-state index >= 15 is 0 Å². The molecule has 1 nitrogen and oxygen atoms in total. The van der Waals surface area contributed by atoms with E-state index in [0.29, 0.717) is 5.54 Å². The van der Waals surface area contributed by atoms with Crippen molar-refractivity contribution in [3.63, 3.8) is 0 Å². The first-order valence-electron chi connectivity index (χ1n) is 3.19. The Labute approximate surface area is 52.9 Å². The largest absolute Gasteiger partial charge is 0.858 e. The van der Waals surface area contributed by atoms with Gasteiger partial charge in [0, 0.05) is 0 Å². The van der Waals surface area contributed by atoms with Gasteiger partial charge in [0.05, 0.1) is 0 Å². The molecule has 0 aromatic rings. The second-order valence-corrected chi connectivity index (χ2v) is 7.11. The molecule has 0 heterocycles. The Kier molecular flexibility index (Phi) is 2.70. The van der Waals surface area contributed by atoms with Gasteiger partial charge in [-0.25, -0.2) is 0 Å². The fraction of sp³-hybridized carbons (Fsp3) is 1.00. The molecule has 0 aliphatic carbocycles. The molecule has 0 aliphatic rings. The molecule has 0 saturated heterocycles. The molecule has 50 valence electrons. The summed E-state index contributed by atoms with van der Waals surface area (Å²) in [7, 11) is -2.01. The lowest BCUT2D eigenvalue weighted by atomic mass is 10.4. The molecule has 0 saturated carbocycles. The van der Waals surface area contributed by atoms with E-state index in [-0.39, 0.29) is 0 Å². The standard InChI is InChI=1S/C6H15OSi/c1-5-6(2)8(3,4)7/h6H,5H2,1-4H3/q-1. The minimum Gasteiger partial charge on any atom is -0.858 e. The van der Waals surface area contributed by atoms with Crippen LogP contribution in [0.5, 0.6) is 0 Å². The Bertz CT molecular complexity index is 65.4. The maximum Gasteiger partial charge on any atom is -0.0503 e. The van der Waals surface area contributed by atoms with Crippen LogP contribution in [0.25, 0.3) is 0 Å². The number of hydrogen-bond acceptors (Lipinski definition) is 1. The molecule has 0 bridgehead atoms. The molecule has 2 heteroatoms. The van der Waals surface area contributed by atoms with Crippen LogP contribution in [0.3, 0.4) is 0 Å². The van der Waals surface area contributed by atoms with Gasteiger partial charge in [-0.1, -0.05) is 47.2 Å². The van der Waals surface area contributed by atoms with Crippen molar-refractivity contribution in [1.82, 2.24) is 0 Å². The molecule has 1 atom stereocenters. The van der Waals surface area contributed by atoms with Gasteiger partial charge in [-0.2, -0.15) is 0 Å². The molecule has 0 fully saturated rings. The van der Waals surface area contributed by atoms with E-state index in [1.54, 1.807) is 0 Å². The van der Waals surface area contributed by atoms with Gasteiger partial charge in [0.25, 0.3) is 0 Å². The van der Waals surface area contributed by atoms with Crippen LogP contribution < -0.4 is 4.80 Å². The molecular formula is C6H15OSi-. The summed E-state index contributed by atoms with van der Waals surface area (Å²) in [5.41, 5.74) is 0.433. The van der Waals surface area contributed by atoms with Crippen molar-refractivity contribution in [2.75, 3.05) is 0 Å². The van der Waals surface area contributed by atoms with Crippen molar-refractivity contribution >= 4 is 8.32 Å². The summed E-state index contributed by atoms with van der Waals surface area (Å²) in [4.78, 5) is 11.2. The average Bonchev–Trinajstić information content (AvgIpc) is 1.62. The van der Waals surface area contributed by atoms with Gasteiger partial charge in [-0.3, -0.25) is 0 Å². The van der Waals surface area contributed by atoms with E-state index in [9.17, 15) is 4.80 Å². The molecule has 0 aromatic heterocycles. The zero-order valence-corrected chi connectivity index (χ0v) is 7.19. The minimum absolute atomic E-state index is 0.433. The zero-order valence-electron chi connectivity index (χ0n) is 6.19. The zero-order chi connectivity index (χ0) is 6.78. The van der Waals surface area contributed by atoms with Crippen molar-refractivity contribution in [1.29, 1.82) is 0 Å². The first-order chi connectivity index (χ1) is 3.48. The molecule has 0 amide bonds. The first kappa shape index (κ1) is 8.18. The maximum absolute atomic E-state index is 11.2. The first-order valence-corrected chi connectivity index (χ1v) is 6.17. The van der Waals surface area contributed by atoms with E-state index in [0.717, 1.165) is 6.42 Å². The summed E-state index contributed by atoms with van der Waals surface area (Å²) in [6.07, 6.45) is 1.04. The number of hydrogen-bond donors (Lipinski definition) is 0. The normalized spacial score (nSPS) is 16.1. The Morgan fingerprint density at radius 3 is 1.88 bits per heavy atom. The Morgan fingerprint density at radius 2 is 1.88 bits per heavy atom. The lowest BCUT2D eigenvalue weighted by molar-refractivity contribution is -0.208. The SMILES string of the molecule is CCC(C)[Si](C)(C)[O-]. The highest BCUT2D eigenvalue weighted by molar-refractivity contribution is 6.69. The van der Waals surface area contributed by atoms with Crippen molar-refractivity contribution in [2.45, 2.75) is 38.9 Å². The average molecular weight is 131 g/mol. The Hall–Kier alpha value is 0.177. The summed E-state index contributed by atoms with van der Waals surface area (Å²) in [6, 6.07) is 0. The second-order valence-electron chi connectivity index (χ2n) is 2.91. The van der Waals surface area contributed by atoms with Gasteiger partial charge < -0.3 is 4.80 Å². The predicted molar refractivity (Wildman–Crippen MR) is 37.2 cm³/mol. The monoisotopic (exact) mass is 131 g/mol. The van der Waals surface area contributed by atoms with Crippen LogP contribution in [-0.4, -0.2) is 8.32 Å². The Balaban J connectivity index is 3.62. The summed E-state index contributed by atoms with van der Waals surface area (Å²) in [6.45, 7) is 7.89. The Morgan fingerprint density at radius 1 is 1.50 bits per heavy atom. The van der Waals surface area contributed by atoms with Gasteiger partial charge in [0.2, 0.25) is 0 Å². The maximum atomic E-state index is 11.2. The highest BCUT2D eigenvalue weighted by Crippen LogP contribution is 2.17. The summed E-state index contributed by atoms with van der Waals surface area (Å²) >= 11 is 0. The van der Waals surface area contributed by atoms with Crippen LogP contribution in [-0.2, 0) is 0 Å². The van der Waals surface area contributed by atoms with Crippen LogP contribution in [0, 0.1) is 0 Å². The smallest absolute Gasteiger partial charge is 0.0503 e. The molecule has 0 N–H and O–H groups in total. The highest BCUT2D eigenvalue weighted by Gasteiger charge is 2.10. The fourth-order valence-electron chi connectivity index (χ4n) is 0.492. The molecule has 0 aliphatic heterocycles. The van der Waals surface area contributed by atoms with Crippen LogP contribution >= 0.6 is 0 Å². The van der Waals surface area contributed by atoms with Gasteiger partial charge in [-0.05, 0) is 0 Å². The third kappa shape index (κ3) is 2.48. The summed E-state index contributed by atoms with van der Waals surface area (Å²) in [5.74, 6) is 0. The van der Waals surface area contributed by atoms with E-state index in [2.05, 4.69) is 13.8 Å². The molecular weight excluding hydrogens is 116 g/mol. The molecule has 1 unspecified atom stereocenters. The quantitative estimate of drug-likeness (QED) is 0.519. The molecule has 0 aromatic carbocycles. The van der Waals surface area contributed by atoms with E-state index in [4.69, 9.17) is 0 Å². The molecule has 8 heavy (non-hydrogen) atoms. The van der Waals surface area contributed by atoms with Crippen LogP contribution in [0.1, 0.15) is 20.3 Å². The van der Waals surface area contributed by atoms with Crippen molar-refractivity contribution in [2.24, 2.45) is 0 Å². The third-order valence-corrected chi connectivity index (χ3v) is 4.58. The molecule has 0 radical (unpaired) electrons. The highest BCUT2D eigenvalue weighted by atomic mass is 28.4. The van der Waals surface area contributed by atoms with Gasteiger partial charge >= 0.3 is 0 Å². The second kappa shape index (κ2) is 2.64. The molecule has 0 rings (SSSR count). The fourth-order valence-corrected chi connectivity index (χ4v) is 1.47. The summed E-state index contributed by atoms with van der Waals surface area (Å²) in [5, 5.41) is 0. The van der Waals surface area contributed by atoms with Gasteiger partial charge in [0.15, 0.2) is 0 Å². The van der Waals surface area contributed by atoms with Crippen LogP contribution in [0.2, 0.25) is 18.6 Å². The topological polar surface area (TPSA) is 23.1 Å². The van der Waals surface area contributed by atoms with Crippen LogP contribution in [0.15, 0.2) is 0 Å². The number of rotatable bonds is 2. The molecule has 0 spiro atoms. The van der Waals surface area contributed by atoms with E-state index in [1.165, 1.54) is 0 Å². The minimum atomic E-state index is -2.01. The predicted octanol–water partition coefficient (Wildman–Crippen LogP) is 1.35. The summed E-state index contributed by atoms with van der Waals surface area (Å²) < 4.78 is 0. The van der Waals surface area contributed by atoms with Crippen LogP contribution in [0.4, 0.5) is 0 Å². The lowest BCUT2D eigenvalue weighted by Gasteiger charge is -2.35. The third-order valence-electron chi connectivity index (χ3n) is 1.80. The van der Waals surface area contributed by atoms with Crippen molar-refractivity contribution in [3.05, 3.63) is 0 Å². The van der Waals surface area contributed by atoms with E-state index in [1.807, 2.05) is 13.1 Å². The lowest BCUT2D eigenvalue weighted by Crippen LogP contribution is -2.46. The van der Waals surface area contributed by atoms with Crippen molar-refractivity contribution in [3.8, 4) is 0 Å². The van der Waals surface area contributed by atoms with Gasteiger partial charge in [0.1, 0.15) is 0 Å². The van der Waals surface area contributed by atoms with Gasteiger partial charge in [-0.15, -0.1) is 0 Å². The van der Waals surface area contributed by atoms with Crippen molar-refractivity contribution < 1.29 is 4.80 Å².